The van der Waals surface area contributed by atoms with Gasteiger partial charge >= 0.3 is 18.5 Å². The molecule has 2 N–H and O–H groups in total. The molecule has 49 heavy (non-hydrogen) atoms. The molecule has 4 aromatic rings. The Bertz CT molecular complexity index is 1870. The first-order valence-corrected chi connectivity index (χ1v) is 16.3. The Labute approximate surface area is 277 Å². The molecule has 4 aromatic carbocycles. The third-order valence-electron chi connectivity index (χ3n) is 8.31. The van der Waals surface area contributed by atoms with E-state index < -0.39 is 62.8 Å². The van der Waals surface area contributed by atoms with Gasteiger partial charge in [-0.2, -0.15) is 13.2 Å². The number of methoxy groups -OCH3 is 1. The fraction of sp³-hybridized carbons (Fsp3) is 0.265. The van der Waals surface area contributed by atoms with Crippen molar-refractivity contribution < 1.29 is 54.1 Å². The number of aliphatic carboxylic acids is 1. The summed E-state index contributed by atoms with van der Waals surface area (Å²) in [5, 5.41) is 9.99. The number of carboxylic acids is 1. The highest BCUT2D eigenvalue weighted by molar-refractivity contribution is 7.89. The summed E-state index contributed by atoms with van der Waals surface area (Å²) in [5.41, 5.74) is -1.38. The van der Waals surface area contributed by atoms with Gasteiger partial charge in [0.1, 0.15) is 5.75 Å². The number of ether oxygens (including phenoxy) is 2. The number of para-hydroxylation sites is 2. The first kappa shape index (κ1) is 35.7. The molecule has 0 aromatic heterocycles. The van der Waals surface area contributed by atoms with Crippen LogP contribution in [0.3, 0.4) is 0 Å². The Balaban J connectivity index is 1.62. The largest absolute Gasteiger partial charge is 0.573 e. The van der Waals surface area contributed by atoms with Gasteiger partial charge in [-0.05, 0) is 65.9 Å². The molecule has 0 saturated carbocycles. The topological polar surface area (TPSA) is 105 Å². The van der Waals surface area contributed by atoms with Crippen LogP contribution < -0.4 is 14.4 Å². The predicted octanol–water partition coefficient (Wildman–Crippen LogP) is 7.07. The number of aryl methyl sites for hydroxylation is 2. The van der Waals surface area contributed by atoms with Crippen molar-refractivity contribution >= 4 is 27.4 Å². The number of nitrogens with one attached hydrogen (secondary N) is 1. The molecule has 0 radical (unpaired) electrons. The summed E-state index contributed by atoms with van der Waals surface area (Å²) in [7, 11) is -3.84. The molecule has 2 atom stereocenters. The monoisotopic (exact) mass is 708 g/mol. The summed E-state index contributed by atoms with van der Waals surface area (Å²) in [6.07, 6.45) is -9.15. The second-order valence-electron chi connectivity index (χ2n) is 11.2. The zero-order valence-electron chi connectivity index (χ0n) is 25.8. The lowest BCUT2D eigenvalue weighted by atomic mass is 9.83. The van der Waals surface area contributed by atoms with E-state index in [9.17, 15) is 44.7 Å². The van der Waals surface area contributed by atoms with Gasteiger partial charge in [0.05, 0.1) is 4.90 Å². The van der Waals surface area contributed by atoms with Gasteiger partial charge in [0.15, 0.2) is 0 Å². The lowest BCUT2D eigenvalue weighted by molar-refractivity contribution is -0.275. The third-order valence-corrected chi connectivity index (χ3v) is 9.74. The molecule has 1 aliphatic heterocycles. The number of rotatable bonds is 11. The summed E-state index contributed by atoms with van der Waals surface area (Å²) >= 11 is 0. The molecule has 8 nitrogen and oxygen atoms in total. The summed E-state index contributed by atoms with van der Waals surface area (Å²) in [6, 6.07) is 23.1. The maximum atomic E-state index is 14.7. The molecular weight excluding hydrogens is 678 g/mol. The summed E-state index contributed by atoms with van der Waals surface area (Å²) in [6.45, 7) is -0.665. The Morgan fingerprint density at radius 3 is 1.88 bits per heavy atom. The van der Waals surface area contributed by atoms with E-state index in [4.69, 9.17) is 4.74 Å². The summed E-state index contributed by atoms with van der Waals surface area (Å²) in [4.78, 5) is 13.8. The van der Waals surface area contributed by atoms with Gasteiger partial charge in [-0.15, -0.1) is 13.2 Å². The average molecular weight is 709 g/mol. The van der Waals surface area contributed by atoms with Crippen molar-refractivity contribution in [2.24, 2.45) is 0 Å². The standard InChI is InChI=1S/C34H30F6N2O6S/c1-47-32(31(43)44,33(35,36)37)28-11-5-4-10-27(28)24(20-41-49(45,46)26-18-16-25(17-19-26)48-34(38,39)40)21-42-29-12-6-2-8-22(29)14-15-23-9-3-7-13-30(23)42/h2-13,16-19,24,41H,14-15,20-21H2,1H3,(H,43,44)/t24-,32-/m1/s1. The van der Waals surface area contributed by atoms with Crippen LogP contribution in [0.5, 0.6) is 5.75 Å². The van der Waals surface area contributed by atoms with E-state index in [0.717, 1.165) is 52.8 Å². The first-order chi connectivity index (χ1) is 23.1. The number of anilines is 2. The molecule has 0 aliphatic carbocycles. The predicted molar refractivity (Wildman–Crippen MR) is 167 cm³/mol. The quantitative estimate of drug-likeness (QED) is 0.161. The highest BCUT2D eigenvalue weighted by Crippen LogP contribution is 2.46. The van der Waals surface area contributed by atoms with Crippen LogP contribution in [-0.2, 0) is 38.0 Å². The average Bonchev–Trinajstić information content (AvgIpc) is 3.19. The maximum Gasteiger partial charge on any atom is 0.573 e. The van der Waals surface area contributed by atoms with E-state index in [1.54, 1.807) is 12.1 Å². The number of carbonyl (C=O) groups is 1. The van der Waals surface area contributed by atoms with Gasteiger partial charge in [0.25, 0.3) is 5.60 Å². The van der Waals surface area contributed by atoms with E-state index in [1.807, 2.05) is 41.3 Å². The Morgan fingerprint density at radius 1 is 0.837 bits per heavy atom. The molecule has 0 amide bonds. The number of hydrogen-bond acceptors (Lipinski definition) is 6. The first-order valence-electron chi connectivity index (χ1n) is 14.8. The zero-order chi connectivity index (χ0) is 35.6. The van der Waals surface area contributed by atoms with Crippen molar-refractivity contribution in [2.45, 2.75) is 41.8 Å². The highest BCUT2D eigenvalue weighted by Gasteiger charge is 2.64. The van der Waals surface area contributed by atoms with Crippen LogP contribution in [0.15, 0.2) is 102 Å². The van der Waals surface area contributed by atoms with Crippen LogP contribution in [-0.4, -0.2) is 52.2 Å². The molecule has 0 bridgehead atoms. The molecule has 5 rings (SSSR count). The molecule has 0 unspecified atom stereocenters. The van der Waals surface area contributed by atoms with E-state index in [1.165, 1.54) is 18.2 Å². The summed E-state index contributed by atoms with van der Waals surface area (Å²) in [5.74, 6) is -4.12. The lowest BCUT2D eigenvalue weighted by Crippen LogP contribution is -2.51. The molecule has 15 heteroatoms. The van der Waals surface area contributed by atoms with Gasteiger partial charge < -0.3 is 19.5 Å². The minimum Gasteiger partial charge on any atom is -0.479 e. The van der Waals surface area contributed by atoms with Gasteiger partial charge in [-0.25, -0.2) is 17.9 Å². The van der Waals surface area contributed by atoms with E-state index >= 15 is 0 Å². The Kier molecular flexibility index (Phi) is 10.00. The number of benzene rings is 4. The molecule has 260 valence electrons. The van der Waals surface area contributed by atoms with Gasteiger partial charge in [0, 0.05) is 43.1 Å². The van der Waals surface area contributed by atoms with Crippen molar-refractivity contribution in [3.8, 4) is 5.75 Å². The number of alkyl halides is 6. The van der Waals surface area contributed by atoms with Gasteiger partial charge in [-0.1, -0.05) is 60.7 Å². The minimum atomic E-state index is -5.43. The third kappa shape index (κ3) is 7.38. The highest BCUT2D eigenvalue weighted by atomic mass is 32.2. The van der Waals surface area contributed by atoms with Crippen molar-refractivity contribution in [3.05, 3.63) is 119 Å². The molecule has 0 spiro atoms. The number of sulfonamides is 1. The number of nitrogens with zero attached hydrogens (tertiary/aromatic N) is 1. The number of carboxylic acid groups (broad SMARTS) is 1. The smallest absolute Gasteiger partial charge is 0.479 e. The molecular formula is C34H30F6N2O6S. The lowest BCUT2D eigenvalue weighted by Gasteiger charge is -2.36. The Morgan fingerprint density at radius 2 is 1.37 bits per heavy atom. The van der Waals surface area contributed by atoms with E-state index in [2.05, 4.69) is 9.46 Å². The van der Waals surface area contributed by atoms with Crippen molar-refractivity contribution in [3.63, 3.8) is 0 Å². The van der Waals surface area contributed by atoms with Crippen LogP contribution in [0.2, 0.25) is 0 Å². The fourth-order valence-electron chi connectivity index (χ4n) is 6.05. The van der Waals surface area contributed by atoms with Crippen molar-refractivity contribution in [1.29, 1.82) is 0 Å². The number of fused-ring (bicyclic) bond motifs is 2. The molecule has 0 fully saturated rings. The van der Waals surface area contributed by atoms with Gasteiger partial charge in [-0.3, -0.25) is 0 Å². The number of halogens is 6. The maximum absolute atomic E-state index is 14.7. The Hall–Kier alpha value is -4.60. The van der Waals surface area contributed by atoms with Crippen LogP contribution in [0, 0.1) is 0 Å². The second kappa shape index (κ2) is 13.7. The molecule has 0 saturated heterocycles. The molecule has 1 aliphatic rings. The summed E-state index contributed by atoms with van der Waals surface area (Å²) < 4.78 is 120. The second-order valence-corrected chi connectivity index (χ2v) is 13.0. The van der Waals surface area contributed by atoms with Crippen molar-refractivity contribution in [2.75, 3.05) is 25.1 Å². The van der Waals surface area contributed by atoms with Crippen molar-refractivity contribution in [1.82, 2.24) is 4.72 Å². The normalized spacial score (nSPS) is 15.4. The minimum absolute atomic E-state index is 0.122. The van der Waals surface area contributed by atoms with Crippen LogP contribution in [0.25, 0.3) is 0 Å². The fourth-order valence-corrected chi connectivity index (χ4v) is 7.13. The SMILES string of the molecule is CO[C@@](C(=O)O)(c1ccccc1[C@H](CNS(=O)(=O)c1ccc(OC(F)(F)F)cc1)CN1c2ccccc2CCc2ccccc21)C(F)(F)F. The van der Waals surface area contributed by atoms with E-state index in [0.29, 0.717) is 20.0 Å². The van der Waals surface area contributed by atoms with E-state index in [-0.39, 0.29) is 12.1 Å². The van der Waals surface area contributed by atoms with Crippen LogP contribution in [0.4, 0.5) is 37.7 Å². The van der Waals surface area contributed by atoms with Crippen LogP contribution >= 0.6 is 0 Å². The van der Waals surface area contributed by atoms with Gasteiger partial charge in [0.2, 0.25) is 10.0 Å². The number of hydrogen-bond donors (Lipinski definition) is 2. The van der Waals surface area contributed by atoms with Crippen LogP contribution in [0.1, 0.15) is 28.2 Å². The molecule has 1 heterocycles. The zero-order valence-corrected chi connectivity index (χ0v) is 26.6.